The molecule has 1 aromatic heterocycles. The van der Waals surface area contributed by atoms with Crippen molar-refractivity contribution in [2.45, 2.75) is 32.9 Å². The van der Waals surface area contributed by atoms with Gasteiger partial charge in [-0.2, -0.15) is 0 Å². The van der Waals surface area contributed by atoms with E-state index in [0.717, 1.165) is 0 Å². The Kier molecular flexibility index (Phi) is 8.50. The van der Waals surface area contributed by atoms with E-state index in [1.54, 1.807) is 43.5 Å². The molecule has 0 aliphatic rings. The molecule has 0 fully saturated rings. The van der Waals surface area contributed by atoms with E-state index in [1.807, 2.05) is 6.08 Å². The molecule has 1 amide bonds. The zero-order valence-corrected chi connectivity index (χ0v) is 18.9. The molecule has 160 valence electrons. The van der Waals surface area contributed by atoms with Gasteiger partial charge in [0, 0.05) is 13.1 Å². The number of halogens is 1. The van der Waals surface area contributed by atoms with Crippen molar-refractivity contribution in [3.8, 4) is 5.75 Å². The Morgan fingerprint density at radius 2 is 1.93 bits per heavy atom. The van der Waals surface area contributed by atoms with E-state index < -0.39 is 17.7 Å². The van der Waals surface area contributed by atoms with Gasteiger partial charge in [-0.15, -0.1) is 17.0 Å². The van der Waals surface area contributed by atoms with Crippen LogP contribution in [0.3, 0.4) is 0 Å². The molecule has 3 N–H and O–H groups in total. The number of esters is 1. The average molecular weight is 471 g/mol. The molecular weight excluding hydrogens is 444 g/mol. The van der Waals surface area contributed by atoms with Gasteiger partial charge in [-0.1, -0.05) is 12.2 Å². The molecule has 0 atom stereocenters. The Morgan fingerprint density at radius 1 is 1.24 bits per heavy atom. The van der Waals surface area contributed by atoms with Gasteiger partial charge in [0.15, 0.2) is 0 Å². The zero-order valence-electron chi connectivity index (χ0n) is 17.1. The number of amides is 1. The quantitative estimate of drug-likeness (QED) is 0.491. The van der Waals surface area contributed by atoms with E-state index in [0.29, 0.717) is 35.4 Å². The molecule has 10 heteroatoms. The van der Waals surface area contributed by atoms with Crippen LogP contribution in [0.1, 0.15) is 31.1 Å². The van der Waals surface area contributed by atoms with Crippen molar-refractivity contribution in [2.24, 2.45) is 0 Å². The third-order valence-corrected chi connectivity index (χ3v) is 3.70. The number of imidazole rings is 1. The minimum absolute atomic E-state index is 0. The Hall–Kier alpha value is -2.75. The number of nitrogens with two attached hydrogens (primary N) is 1. The SMILES string of the molecule is Br.COC(=O)c1cc(OC)c2c(c1)nc(N)n2C/C=C/CNC(=O)OC(C)(C)C. The Bertz CT molecular complexity index is 902. The van der Waals surface area contributed by atoms with Crippen molar-refractivity contribution < 1.29 is 23.8 Å². The molecule has 0 unspecified atom stereocenters. The summed E-state index contributed by atoms with van der Waals surface area (Å²) in [6.45, 7) is 6.12. The third kappa shape index (κ3) is 6.38. The lowest BCUT2D eigenvalue weighted by atomic mass is 10.2. The minimum Gasteiger partial charge on any atom is -0.494 e. The van der Waals surface area contributed by atoms with Gasteiger partial charge in [0.1, 0.15) is 16.9 Å². The maximum absolute atomic E-state index is 11.8. The molecule has 9 nitrogen and oxygen atoms in total. The summed E-state index contributed by atoms with van der Waals surface area (Å²) in [5.74, 6) is 0.254. The van der Waals surface area contributed by atoms with Gasteiger partial charge < -0.3 is 29.8 Å². The van der Waals surface area contributed by atoms with Crippen molar-refractivity contribution in [3.63, 3.8) is 0 Å². The van der Waals surface area contributed by atoms with Crippen LogP contribution < -0.4 is 15.8 Å². The lowest BCUT2D eigenvalue weighted by Crippen LogP contribution is -2.32. The molecule has 0 aliphatic heterocycles. The number of hydrogen-bond donors (Lipinski definition) is 2. The Balaban J connectivity index is 0.00000420. The fraction of sp³-hybridized carbons (Fsp3) is 0.421. The summed E-state index contributed by atoms with van der Waals surface area (Å²) >= 11 is 0. The predicted octanol–water partition coefficient (Wildman–Crippen LogP) is 3.07. The van der Waals surface area contributed by atoms with E-state index in [1.165, 1.54) is 14.2 Å². The molecule has 0 saturated carbocycles. The number of allylic oxidation sites excluding steroid dienone is 1. The number of rotatable bonds is 6. The molecule has 2 aromatic rings. The lowest BCUT2D eigenvalue weighted by molar-refractivity contribution is 0.0532. The van der Waals surface area contributed by atoms with Crippen molar-refractivity contribution in [1.29, 1.82) is 0 Å². The number of anilines is 1. The van der Waals surface area contributed by atoms with Crippen LogP contribution in [0.2, 0.25) is 0 Å². The summed E-state index contributed by atoms with van der Waals surface area (Å²) in [5, 5.41) is 2.64. The predicted molar refractivity (Wildman–Crippen MR) is 116 cm³/mol. The highest BCUT2D eigenvalue weighted by molar-refractivity contribution is 8.93. The number of ether oxygens (including phenoxy) is 3. The first kappa shape index (κ1) is 24.3. The van der Waals surface area contributed by atoms with E-state index in [9.17, 15) is 9.59 Å². The highest BCUT2D eigenvalue weighted by Gasteiger charge is 2.17. The van der Waals surface area contributed by atoms with Crippen LogP contribution in [0.4, 0.5) is 10.7 Å². The largest absolute Gasteiger partial charge is 0.494 e. The van der Waals surface area contributed by atoms with Crippen LogP contribution in [0.15, 0.2) is 24.3 Å². The van der Waals surface area contributed by atoms with Gasteiger partial charge in [-0.05, 0) is 32.9 Å². The molecule has 0 aliphatic carbocycles. The number of carbonyl (C=O) groups excluding carboxylic acids is 2. The molecule has 0 spiro atoms. The molecule has 0 bridgehead atoms. The fourth-order valence-corrected chi connectivity index (χ4v) is 2.54. The molecule has 1 aromatic carbocycles. The van der Waals surface area contributed by atoms with Crippen LogP contribution in [0.25, 0.3) is 11.0 Å². The maximum atomic E-state index is 11.8. The molecule has 2 rings (SSSR count). The summed E-state index contributed by atoms with van der Waals surface area (Å²) in [6.07, 6.45) is 3.13. The van der Waals surface area contributed by atoms with E-state index in [-0.39, 0.29) is 22.9 Å². The number of nitrogens with one attached hydrogen (secondary N) is 1. The van der Waals surface area contributed by atoms with Gasteiger partial charge in [-0.3, -0.25) is 0 Å². The first-order chi connectivity index (χ1) is 13.2. The molecule has 0 radical (unpaired) electrons. The Labute approximate surface area is 180 Å². The van der Waals surface area contributed by atoms with E-state index in [2.05, 4.69) is 10.3 Å². The first-order valence-corrected chi connectivity index (χ1v) is 8.70. The number of carbonyl (C=O) groups is 2. The highest BCUT2D eigenvalue weighted by Crippen LogP contribution is 2.30. The number of fused-ring (bicyclic) bond motifs is 1. The number of nitrogen functional groups attached to an aromatic ring is 1. The number of methoxy groups -OCH3 is 2. The summed E-state index contributed by atoms with van der Waals surface area (Å²) in [6, 6.07) is 3.18. The minimum atomic E-state index is -0.544. The zero-order chi connectivity index (χ0) is 20.9. The van der Waals surface area contributed by atoms with Crippen LogP contribution in [-0.4, -0.2) is 48.0 Å². The second-order valence-electron chi connectivity index (χ2n) is 6.97. The van der Waals surface area contributed by atoms with Crippen molar-refractivity contribution >= 4 is 46.0 Å². The second-order valence-corrected chi connectivity index (χ2v) is 6.97. The smallest absolute Gasteiger partial charge is 0.407 e. The molecule has 1 heterocycles. The molecule has 29 heavy (non-hydrogen) atoms. The van der Waals surface area contributed by atoms with Crippen LogP contribution >= 0.6 is 17.0 Å². The van der Waals surface area contributed by atoms with Gasteiger partial charge in [0.2, 0.25) is 5.95 Å². The van der Waals surface area contributed by atoms with Crippen LogP contribution in [-0.2, 0) is 16.0 Å². The van der Waals surface area contributed by atoms with Crippen molar-refractivity contribution in [3.05, 3.63) is 29.8 Å². The van der Waals surface area contributed by atoms with Gasteiger partial charge >= 0.3 is 12.1 Å². The maximum Gasteiger partial charge on any atom is 0.407 e. The number of alkyl carbamates (subject to hydrolysis) is 1. The second kappa shape index (κ2) is 10.1. The number of nitrogens with zero attached hydrogens (tertiary/aromatic N) is 2. The van der Waals surface area contributed by atoms with Crippen LogP contribution in [0, 0.1) is 0 Å². The van der Waals surface area contributed by atoms with Gasteiger partial charge in [0.05, 0.1) is 25.3 Å². The summed E-state index contributed by atoms with van der Waals surface area (Å²) in [4.78, 5) is 27.7. The standard InChI is InChI=1S/C19H26N4O5.BrH/c1-19(2,3)28-18(25)21-8-6-7-9-23-15-13(22-17(23)20)10-12(16(24)27-5)11-14(15)26-4;/h6-7,10-11H,8-9H2,1-5H3,(H2,20,22)(H,21,25);1H/b7-6+;. The number of hydrogen-bond acceptors (Lipinski definition) is 7. The van der Waals surface area contributed by atoms with Crippen molar-refractivity contribution in [1.82, 2.24) is 14.9 Å². The normalized spacial score (nSPS) is 11.2. The topological polar surface area (TPSA) is 118 Å². The average Bonchev–Trinajstić information content (AvgIpc) is 2.93. The molecular formula is C19H27BrN4O5. The first-order valence-electron chi connectivity index (χ1n) is 8.70. The van der Waals surface area contributed by atoms with Gasteiger partial charge in [0.25, 0.3) is 0 Å². The lowest BCUT2D eigenvalue weighted by Gasteiger charge is -2.19. The molecule has 0 saturated heterocycles. The Morgan fingerprint density at radius 3 is 2.52 bits per heavy atom. The van der Waals surface area contributed by atoms with Crippen molar-refractivity contribution in [2.75, 3.05) is 26.5 Å². The monoisotopic (exact) mass is 470 g/mol. The van der Waals surface area contributed by atoms with Crippen LogP contribution in [0.5, 0.6) is 5.75 Å². The van der Waals surface area contributed by atoms with E-state index >= 15 is 0 Å². The van der Waals surface area contributed by atoms with E-state index in [4.69, 9.17) is 19.9 Å². The summed E-state index contributed by atoms with van der Waals surface area (Å²) in [5.41, 5.74) is 7.00. The highest BCUT2D eigenvalue weighted by atomic mass is 79.9. The number of benzene rings is 1. The van der Waals surface area contributed by atoms with Gasteiger partial charge in [-0.25, -0.2) is 14.6 Å². The summed E-state index contributed by atoms with van der Waals surface area (Å²) in [7, 11) is 2.81. The third-order valence-electron chi connectivity index (χ3n) is 3.70. The number of aromatic nitrogens is 2. The summed E-state index contributed by atoms with van der Waals surface area (Å²) < 4.78 is 17.1. The fourth-order valence-electron chi connectivity index (χ4n) is 2.54.